The summed E-state index contributed by atoms with van der Waals surface area (Å²) in [6.45, 7) is 5.20. The average molecular weight is 448 g/mol. The van der Waals surface area contributed by atoms with Gasteiger partial charge in [0.15, 0.2) is 11.6 Å². The number of benzene rings is 1. The molecule has 0 saturated carbocycles. The van der Waals surface area contributed by atoms with Gasteiger partial charge in [-0.1, -0.05) is 13.0 Å². The zero-order valence-electron chi connectivity index (χ0n) is 18.7. The van der Waals surface area contributed by atoms with Gasteiger partial charge in [-0.25, -0.2) is 14.2 Å². The van der Waals surface area contributed by atoms with Gasteiger partial charge in [-0.05, 0) is 50.2 Å². The van der Waals surface area contributed by atoms with Gasteiger partial charge in [-0.2, -0.15) is 0 Å². The van der Waals surface area contributed by atoms with Gasteiger partial charge in [0.2, 0.25) is 0 Å². The number of likely N-dealkylation sites (N-methyl/N-ethyl adjacent to an activating group) is 1. The number of hydrogen-bond acceptors (Lipinski definition) is 9. The van der Waals surface area contributed by atoms with Crippen molar-refractivity contribution in [2.75, 3.05) is 31.6 Å². The summed E-state index contributed by atoms with van der Waals surface area (Å²) < 4.78 is 26.0. The Bertz CT molecular complexity index is 883. The van der Waals surface area contributed by atoms with Crippen LogP contribution >= 0.6 is 0 Å². The molecule has 176 valence electrons. The zero-order chi connectivity index (χ0) is 22.8. The Morgan fingerprint density at radius 1 is 1.09 bits per heavy atom. The van der Waals surface area contributed by atoms with Crippen LogP contribution in [0.4, 0.5) is 10.1 Å². The molecule has 1 aromatic heterocycles. The van der Waals surface area contributed by atoms with Gasteiger partial charge >= 0.3 is 0 Å². The second kappa shape index (κ2) is 9.74. The molecular formula is C22H34FN7O2. The molecular weight excluding hydrogens is 413 g/mol. The zero-order valence-corrected chi connectivity index (χ0v) is 18.7. The maximum atomic E-state index is 15.3. The highest BCUT2D eigenvalue weighted by atomic mass is 19.1. The first-order valence-corrected chi connectivity index (χ1v) is 11.1. The molecule has 32 heavy (non-hydrogen) atoms. The van der Waals surface area contributed by atoms with Crippen molar-refractivity contribution in [1.82, 2.24) is 14.7 Å². The van der Waals surface area contributed by atoms with E-state index in [1.807, 2.05) is 21.9 Å². The molecule has 2 aromatic rings. The lowest BCUT2D eigenvalue weighted by Gasteiger charge is -2.55. The van der Waals surface area contributed by atoms with E-state index >= 15 is 4.39 Å². The molecule has 9 nitrogen and oxygen atoms in total. The molecule has 0 spiro atoms. The Balaban J connectivity index is 1.69. The number of furan rings is 1. The van der Waals surface area contributed by atoms with E-state index < -0.39 is 24.7 Å². The van der Waals surface area contributed by atoms with Crippen LogP contribution in [0.3, 0.4) is 0 Å². The molecule has 2 saturated heterocycles. The minimum Gasteiger partial charge on any atom is -0.494 e. The molecule has 3 heterocycles. The normalized spacial score (nSPS) is 27.9. The largest absolute Gasteiger partial charge is 0.494 e. The van der Waals surface area contributed by atoms with Crippen LogP contribution in [-0.2, 0) is 6.54 Å². The number of hydrogen-bond donors (Lipinski definition) is 3. The lowest BCUT2D eigenvalue weighted by molar-refractivity contribution is -0.0752. The van der Waals surface area contributed by atoms with E-state index in [2.05, 4.69) is 11.8 Å². The lowest BCUT2D eigenvalue weighted by atomic mass is 10.1. The standard InChI is InChI=1S/C22H34FN7O2/c1-3-27-11-5-7-15(27)13-28-20(24)29(14-16-8-6-12-32-16)22(26)30(21(28)25)17-9-4-10-18(31-2)19(17)23/h4,6,8-10,12,15,20-22H,3,5,7,11,13-14,24-26H2,1-2H3. The monoisotopic (exact) mass is 447 g/mol. The van der Waals surface area contributed by atoms with Gasteiger partial charge in [-0.15, -0.1) is 0 Å². The molecule has 0 amide bonds. The third-order valence-electron chi connectivity index (χ3n) is 6.62. The Morgan fingerprint density at radius 2 is 1.88 bits per heavy atom. The maximum absolute atomic E-state index is 15.3. The van der Waals surface area contributed by atoms with Crippen molar-refractivity contribution in [2.24, 2.45) is 17.2 Å². The molecule has 0 bridgehead atoms. The summed E-state index contributed by atoms with van der Waals surface area (Å²) in [7, 11) is 1.43. The van der Waals surface area contributed by atoms with Crippen molar-refractivity contribution >= 4 is 5.69 Å². The Morgan fingerprint density at radius 3 is 2.56 bits per heavy atom. The summed E-state index contributed by atoms with van der Waals surface area (Å²) in [5.41, 5.74) is 20.3. The summed E-state index contributed by atoms with van der Waals surface area (Å²) in [5.74, 6) is 0.340. The van der Waals surface area contributed by atoms with E-state index in [9.17, 15) is 0 Å². The van der Waals surface area contributed by atoms with Crippen LogP contribution < -0.4 is 26.8 Å². The molecule has 2 aliphatic heterocycles. The molecule has 0 aliphatic carbocycles. The predicted molar refractivity (Wildman–Crippen MR) is 121 cm³/mol. The summed E-state index contributed by atoms with van der Waals surface area (Å²) in [5, 5.41) is 0. The number of likely N-dealkylation sites (tertiary alicyclic amines) is 1. The van der Waals surface area contributed by atoms with E-state index in [1.54, 1.807) is 29.4 Å². The summed E-state index contributed by atoms with van der Waals surface area (Å²) in [6.07, 6.45) is 1.77. The maximum Gasteiger partial charge on any atom is 0.188 e. The fourth-order valence-electron chi connectivity index (χ4n) is 4.87. The summed E-state index contributed by atoms with van der Waals surface area (Å²) in [4.78, 5) is 7.95. The molecule has 4 unspecified atom stereocenters. The fourth-order valence-corrected chi connectivity index (χ4v) is 4.87. The number of ether oxygens (including phenoxy) is 1. The molecule has 4 rings (SSSR count). The van der Waals surface area contributed by atoms with E-state index in [1.165, 1.54) is 7.11 Å². The van der Waals surface area contributed by atoms with Crippen LogP contribution in [0.2, 0.25) is 0 Å². The number of rotatable bonds is 7. The lowest BCUT2D eigenvalue weighted by Crippen LogP contribution is -2.78. The highest BCUT2D eigenvalue weighted by Gasteiger charge is 2.44. The summed E-state index contributed by atoms with van der Waals surface area (Å²) >= 11 is 0. The van der Waals surface area contributed by atoms with E-state index in [-0.39, 0.29) is 11.4 Å². The van der Waals surface area contributed by atoms with Crippen molar-refractivity contribution in [3.63, 3.8) is 0 Å². The van der Waals surface area contributed by atoms with Crippen molar-refractivity contribution < 1.29 is 13.5 Å². The molecule has 10 heteroatoms. The molecule has 2 aliphatic rings. The number of nitrogens with zero attached hydrogens (tertiary/aromatic N) is 4. The van der Waals surface area contributed by atoms with E-state index in [0.29, 0.717) is 24.9 Å². The molecule has 4 atom stereocenters. The number of methoxy groups -OCH3 is 1. The number of nitrogens with two attached hydrogens (primary N) is 3. The topological polar surface area (TPSA) is 113 Å². The van der Waals surface area contributed by atoms with E-state index in [4.69, 9.17) is 26.4 Å². The van der Waals surface area contributed by atoms with Crippen molar-refractivity contribution in [3.8, 4) is 5.75 Å². The van der Waals surface area contributed by atoms with Crippen LogP contribution in [0.1, 0.15) is 25.5 Å². The van der Waals surface area contributed by atoms with Gasteiger partial charge in [-0.3, -0.25) is 16.4 Å². The predicted octanol–water partition coefficient (Wildman–Crippen LogP) is 1.26. The Kier molecular flexibility index (Phi) is 6.99. The van der Waals surface area contributed by atoms with Crippen LogP contribution in [0.5, 0.6) is 5.75 Å². The average Bonchev–Trinajstić information content (AvgIpc) is 3.47. The number of halogens is 1. The fraction of sp³-hybridized carbons (Fsp3) is 0.545. The first-order chi connectivity index (χ1) is 15.5. The number of anilines is 1. The van der Waals surface area contributed by atoms with Gasteiger partial charge in [0.25, 0.3) is 0 Å². The Hall–Kier alpha value is -2.21. The van der Waals surface area contributed by atoms with Crippen molar-refractivity contribution in [3.05, 3.63) is 48.2 Å². The first-order valence-electron chi connectivity index (χ1n) is 11.1. The van der Waals surface area contributed by atoms with Gasteiger partial charge < -0.3 is 19.8 Å². The minimum atomic E-state index is -0.770. The molecule has 6 N–H and O–H groups in total. The van der Waals surface area contributed by atoms with Gasteiger partial charge in [0.1, 0.15) is 24.6 Å². The SMILES string of the molecule is CCN1CCCC1CN1C(N)N(Cc2ccco2)C(N)N(c2cccc(OC)c2F)C1N. The third kappa shape index (κ3) is 4.21. The quantitative estimate of drug-likeness (QED) is 0.577. The Labute approximate surface area is 188 Å². The second-order valence-corrected chi connectivity index (χ2v) is 8.31. The van der Waals surface area contributed by atoms with E-state index in [0.717, 1.165) is 25.9 Å². The molecule has 1 aromatic carbocycles. The smallest absolute Gasteiger partial charge is 0.188 e. The highest BCUT2D eigenvalue weighted by Crippen LogP contribution is 2.33. The highest BCUT2D eigenvalue weighted by molar-refractivity contribution is 5.54. The van der Waals surface area contributed by atoms with Crippen LogP contribution in [0.15, 0.2) is 41.0 Å². The first kappa shape index (κ1) is 23.0. The molecule has 2 fully saturated rings. The van der Waals surface area contributed by atoms with Crippen LogP contribution in [0, 0.1) is 5.82 Å². The second-order valence-electron chi connectivity index (χ2n) is 8.31. The van der Waals surface area contributed by atoms with Crippen LogP contribution in [-0.4, -0.2) is 66.4 Å². The summed E-state index contributed by atoms with van der Waals surface area (Å²) in [6, 6.07) is 8.96. The van der Waals surface area contributed by atoms with Crippen LogP contribution in [0.25, 0.3) is 0 Å². The van der Waals surface area contributed by atoms with Crippen molar-refractivity contribution in [1.29, 1.82) is 0 Å². The molecule has 0 radical (unpaired) electrons. The van der Waals surface area contributed by atoms with Gasteiger partial charge in [0.05, 0.1) is 25.6 Å². The van der Waals surface area contributed by atoms with Crippen molar-refractivity contribution in [2.45, 2.75) is 51.2 Å². The minimum absolute atomic E-state index is 0.133. The van der Waals surface area contributed by atoms with Gasteiger partial charge in [0, 0.05) is 12.6 Å². The third-order valence-corrected chi connectivity index (χ3v) is 6.62.